The van der Waals surface area contributed by atoms with Gasteiger partial charge in [0.25, 0.3) is 0 Å². The molecule has 0 aromatic carbocycles. The van der Waals surface area contributed by atoms with Crippen LogP contribution in [0.4, 0.5) is 0 Å². The molecular formula is C9H21NO. The van der Waals surface area contributed by atoms with Crippen LogP contribution in [0.15, 0.2) is 0 Å². The maximum Gasteiger partial charge on any atom is 0.0589 e. The molecule has 0 rings (SSSR count). The van der Waals surface area contributed by atoms with Gasteiger partial charge in [0, 0.05) is 6.04 Å². The van der Waals surface area contributed by atoms with Gasteiger partial charge in [0.15, 0.2) is 0 Å². The number of rotatable bonds is 4. The Morgan fingerprint density at radius 2 is 1.91 bits per heavy atom. The molecule has 11 heavy (non-hydrogen) atoms. The molecule has 0 aliphatic heterocycles. The number of hydrogen-bond donors (Lipinski definition) is 2. The third-order valence-electron chi connectivity index (χ3n) is 1.87. The summed E-state index contributed by atoms with van der Waals surface area (Å²) in [6, 6.07) is 0.224. The van der Waals surface area contributed by atoms with Crippen molar-refractivity contribution in [2.24, 2.45) is 5.41 Å². The second-order valence-corrected chi connectivity index (χ2v) is 4.06. The first kappa shape index (κ1) is 10.9. The molecule has 0 aromatic heterocycles. The van der Waals surface area contributed by atoms with E-state index >= 15 is 0 Å². The van der Waals surface area contributed by atoms with E-state index < -0.39 is 0 Å². The molecule has 0 bridgehead atoms. The molecule has 0 fully saturated rings. The van der Waals surface area contributed by atoms with Gasteiger partial charge in [0.05, 0.1) is 6.61 Å². The third-order valence-corrected chi connectivity index (χ3v) is 1.87. The average molecular weight is 159 g/mol. The molecular weight excluding hydrogens is 138 g/mol. The fourth-order valence-electron chi connectivity index (χ4n) is 0.963. The van der Waals surface area contributed by atoms with Crippen LogP contribution in [0.5, 0.6) is 0 Å². The molecule has 0 saturated carbocycles. The van der Waals surface area contributed by atoms with Gasteiger partial charge in [-0.2, -0.15) is 0 Å². The number of aliphatic hydroxyl groups excluding tert-OH is 1. The Kier molecular flexibility index (Phi) is 4.69. The predicted molar refractivity (Wildman–Crippen MR) is 48.6 cm³/mol. The van der Waals surface area contributed by atoms with Gasteiger partial charge in [-0.25, -0.2) is 0 Å². The molecule has 0 unspecified atom stereocenters. The standard InChI is InChI=1S/C9H21NO/c1-5-6-10-8(7-11)9(2,3)4/h8,10-11H,5-7H2,1-4H3/t8-/m0/s1. The molecule has 2 heteroatoms. The second kappa shape index (κ2) is 4.73. The molecule has 0 aromatic rings. The molecule has 0 amide bonds. The van der Waals surface area contributed by atoms with E-state index in [-0.39, 0.29) is 18.1 Å². The highest BCUT2D eigenvalue weighted by atomic mass is 16.3. The van der Waals surface area contributed by atoms with E-state index in [0.29, 0.717) is 0 Å². The first-order chi connectivity index (χ1) is 5.02. The van der Waals surface area contributed by atoms with Crippen LogP contribution in [0.1, 0.15) is 34.1 Å². The molecule has 0 aliphatic carbocycles. The SMILES string of the molecule is CCCN[C@@H](CO)C(C)(C)C. The lowest BCUT2D eigenvalue weighted by Crippen LogP contribution is -2.43. The molecule has 68 valence electrons. The Morgan fingerprint density at radius 1 is 1.36 bits per heavy atom. The second-order valence-electron chi connectivity index (χ2n) is 4.06. The highest BCUT2D eigenvalue weighted by Gasteiger charge is 2.22. The van der Waals surface area contributed by atoms with E-state index in [1.165, 1.54) is 0 Å². The molecule has 2 N–H and O–H groups in total. The van der Waals surface area contributed by atoms with Crippen LogP contribution in [-0.2, 0) is 0 Å². The van der Waals surface area contributed by atoms with Crippen molar-refractivity contribution >= 4 is 0 Å². The Labute approximate surface area is 70.0 Å². The number of nitrogens with one attached hydrogen (secondary N) is 1. The molecule has 0 spiro atoms. The van der Waals surface area contributed by atoms with Crippen LogP contribution in [-0.4, -0.2) is 24.3 Å². The minimum atomic E-state index is 0.157. The summed E-state index contributed by atoms with van der Waals surface area (Å²) < 4.78 is 0. The van der Waals surface area contributed by atoms with Crippen LogP contribution in [0.25, 0.3) is 0 Å². The van der Waals surface area contributed by atoms with Crippen molar-refractivity contribution in [3.8, 4) is 0 Å². The van der Waals surface area contributed by atoms with Gasteiger partial charge in [-0.3, -0.25) is 0 Å². The van der Waals surface area contributed by atoms with Crippen LogP contribution in [0.2, 0.25) is 0 Å². The van der Waals surface area contributed by atoms with Crippen molar-refractivity contribution in [3.63, 3.8) is 0 Å². The quantitative estimate of drug-likeness (QED) is 0.649. The van der Waals surface area contributed by atoms with Crippen molar-refractivity contribution in [1.29, 1.82) is 0 Å². The highest BCUT2D eigenvalue weighted by Crippen LogP contribution is 2.18. The molecule has 0 saturated heterocycles. The Morgan fingerprint density at radius 3 is 2.18 bits per heavy atom. The van der Waals surface area contributed by atoms with E-state index in [9.17, 15) is 0 Å². The van der Waals surface area contributed by atoms with E-state index in [0.717, 1.165) is 13.0 Å². The summed E-state index contributed by atoms with van der Waals surface area (Å²) in [6.07, 6.45) is 1.12. The van der Waals surface area contributed by atoms with Gasteiger partial charge in [-0.15, -0.1) is 0 Å². The van der Waals surface area contributed by atoms with Crippen molar-refractivity contribution in [2.75, 3.05) is 13.2 Å². The van der Waals surface area contributed by atoms with E-state index in [2.05, 4.69) is 33.0 Å². The molecule has 0 radical (unpaired) electrons. The van der Waals surface area contributed by atoms with E-state index in [1.54, 1.807) is 0 Å². The summed E-state index contributed by atoms with van der Waals surface area (Å²) in [5.74, 6) is 0. The fraction of sp³-hybridized carbons (Fsp3) is 1.00. The highest BCUT2D eigenvalue weighted by molar-refractivity contribution is 4.79. The molecule has 1 atom stereocenters. The van der Waals surface area contributed by atoms with E-state index in [4.69, 9.17) is 5.11 Å². The zero-order chi connectivity index (χ0) is 8.91. The van der Waals surface area contributed by atoms with Gasteiger partial charge in [-0.1, -0.05) is 27.7 Å². The van der Waals surface area contributed by atoms with E-state index in [1.807, 2.05) is 0 Å². The summed E-state index contributed by atoms with van der Waals surface area (Å²) in [7, 11) is 0. The van der Waals surface area contributed by atoms with Crippen molar-refractivity contribution in [3.05, 3.63) is 0 Å². The Balaban J connectivity index is 3.76. The monoisotopic (exact) mass is 159 g/mol. The van der Waals surface area contributed by atoms with Gasteiger partial charge in [-0.05, 0) is 18.4 Å². The van der Waals surface area contributed by atoms with Gasteiger partial charge >= 0.3 is 0 Å². The van der Waals surface area contributed by atoms with Crippen LogP contribution < -0.4 is 5.32 Å². The summed E-state index contributed by atoms with van der Waals surface area (Å²) in [4.78, 5) is 0. The number of hydrogen-bond acceptors (Lipinski definition) is 2. The number of aliphatic hydroxyl groups is 1. The average Bonchev–Trinajstić information content (AvgIpc) is 1.87. The minimum absolute atomic E-state index is 0.157. The zero-order valence-electron chi connectivity index (χ0n) is 8.15. The first-order valence-electron chi connectivity index (χ1n) is 4.36. The normalized spacial score (nSPS) is 15.0. The zero-order valence-corrected chi connectivity index (χ0v) is 8.15. The summed E-state index contributed by atoms with van der Waals surface area (Å²) in [6.45, 7) is 9.75. The van der Waals surface area contributed by atoms with Gasteiger partial charge in [0.1, 0.15) is 0 Å². The van der Waals surface area contributed by atoms with Crippen LogP contribution in [0.3, 0.4) is 0 Å². The lowest BCUT2D eigenvalue weighted by molar-refractivity contribution is 0.159. The lowest BCUT2D eigenvalue weighted by Gasteiger charge is -2.29. The lowest BCUT2D eigenvalue weighted by atomic mass is 9.87. The Hall–Kier alpha value is -0.0800. The smallest absolute Gasteiger partial charge is 0.0589 e. The topological polar surface area (TPSA) is 32.3 Å². The van der Waals surface area contributed by atoms with Gasteiger partial charge in [0.2, 0.25) is 0 Å². The minimum Gasteiger partial charge on any atom is -0.395 e. The molecule has 0 aliphatic rings. The van der Waals surface area contributed by atoms with Crippen molar-refractivity contribution < 1.29 is 5.11 Å². The van der Waals surface area contributed by atoms with Crippen LogP contribution >= 0.6 is 0 Å². The first-order valence-corrected chi connectivity index (χ1v) is 4.36. The summed E-state index contributed by atoms with van der Waals surface area (Å²) in [5.41, 5.74) is 0.157. The fourth-order valence-corrected chi connectivity index (χ4v) is 0.963. The molecule has 2 nitrogen and oxygen atoms in total. The molecule has 0 heterocycles. The third kappa shape index (κ3) is 4.38. The van der Waals surface area contributed by atoms with Crippen LogP contribution in [0, 0.1) is 5.41 Å². The maximum atomic E-state index is 9.03. The van der Waals surface area contributed by atoms with Gasteiger partial charge < -0.3 is 10.4 Å². The summed E-state index contributed by atoms with van der Waals surface area (Å²) in [5, 5.41) is 12.3. The maximum absolute atomic E-state index is 9.03. The van der Waals surface area contributed by atoms with Crippen molar-refractivity contribution in [2.45, 2.75) is 40.2 Å². The predicted octanol–water partition coefficient (Wildman–Crippen LogP) is 1.39. The summed E-state index contributed by atoms with van der Waals surface area (Å²) >= 11 is 0. The van der Waals surface area contributed by atoms with Crippen molar-refractivity contribution in [1.82, 2.24) is 5.32 Å². The largest absolute Gasteiger partial charge is 0.395 e. The Bertz CT molecular complexity index is 96.2.